The zero-order valence-corrected chi connectivity index (χ0v) is 19.4. The highest BCUT2D eigenvalue weighted by molar-refractivity contribution is 7.98. The molecule has 2 atom stereocenters. The van der Waals surface area contributed by atoms with E-state index in [1.54, 1.807) is 11.8 Å². The molecule has 0 unspecified atom stereocenters. The Kier molecular flexibility index (Phi) is 8.33. The monoisotopic (exact) mass is 454 g/mol. The van der Waals surface area contributed by atoms with Gasteiger partial charge in [0, 0.05) is 29.7 Å². The highest BCUT2D eigenvalue weighted by Gasteiger charge is 2.38. The minimum atomic E-state index is -0.747. The predicted molar refractivity (Wildman–Crippen MR) is 125 cm³/mol. The number of benzene rings is 2. The van der Waals surface area contributed by atoms with E-state index in [0.29, 0.717) is 32.1 Å². The van der Waals surface area contributed by atoms with E-state index in [1.807, 2.05) is 36.6 Å². The van der Waals surface area contributed by atoms with Crippen LogP contribution in [0.3, 0.4) is 0 Å². The fraction of sp³-hybridized carbons (Fsp3) is 0.400. The summed E-state index contributed by atoms with van der Waals surface area (Å²) in [5.74, 6) is -0.683. The summed E-state index contributed by atoms with van der Waals surface area (Å²) in [4.78, 5) is 38.2. The van der Waals surface area contributed by atoms with Crippen LogP contribution < -0.4 is 10.6 Å². The maximum absolute atomic E-state index is 12.7. The molecule has 2 aromatic carbocycles. The zero-order valence-electron chi connectivity index (χ0n) is 18.6. The van der Waals surface area contributed by atoms with Gasteiger partial charge in [0.25, 0.3) is 0 Å². The largest absolute Gasteiger partial charge is 0.467 e. The molecule has 0 radical (unpaired) electrons. The van der Waals surface area contributed by atoms with Crippen molar-refractivity contribution in [3.8, 4) is 0 Å². The van der Waals surface area contributed by atoms with Gasteiger partial charge in [-0.05, 0) is 48.8 Å². The van der Waals surface area contributed by atoms with Crippen LogP contribution in [0.25, 0.3) is 0 Å². The standard InChI is InChI=1S/C25H30N2O4S/c1-31-24(30)21(16-18-6-4-3-5-7-18)26-22(28)12-14-25(15-13-23(29)27-25)17-19-8-10-20(32-2)11-9-19/h3-11,21H,12-17H2,1-2H3,(H,26,28)(H,27,29)/t21-,25+/m0/s1. The summed E-state index contributed by atoms with van der Waals surface area (Å²) in [5, 5.41) is 5.93. The number of amides is 2. The molecule has 1 aliphatic heterocycles. The number of ether oxygens (including phenoxy) is 1. The van der Waals surface area contributed by atoms with Crippen molar-refractivity contribution in [3.05, 3.63) is 65.7 Å². The average Bonchev–Trinajstić information content (AvgIpc) is 3.18. The molecule has 32 heavy (non-hydrogen) atoms. The molecule has 0 saturated carbocycles. The van der Waals surface area contributed by atoms with E-state index in [9.17, 15) is 14.4 Å². The van der Waals surface area contributed by atoms with Crippen molar-refractivity contribution in [2.75, 3.05) is 13.4 Å². The van der Waals surface area contributed by atoms with E-state index >= 15 is 0 Å². The second kappa shape index (κ2) is 11.2. The number of esters is 1. The summed E-state index contributed by atoms with van der Waals surface area (Å²) in [6.07, 6.45) is 4.94. The number of rotatable bonds is 10. The lowest BCUT2D eigenvalue weighted by Crippen LogP contribution is -2.46. The summed E-state index contributed by atoms with van der Waals surface area (Å²) >= 11 is 1.68. The van der Waals surface area contributed by atoms with Crippen LogP contribution in [0.2, 0.25) is 0 Å². The van der Waals surface area contributed by atoms with Gasteiger partial charge in [0.2, 0.25) is 11.8 Å². The number of thioether (sulfide) groups is 1. The molecule has 3 rings (SSSR count). The van der Waals surface area contributed by atoms with Gasteiger partial charge in [-0.15, -0.1) is 11.8 Å². The average molecular weight is 455 g/mol. The Morgan fingerprint density at radius 1 is 1.12 bits per heavy atom. The maximum atomic E-state index is 12.7. The van der Waals surface area contributed by atoms with Crippen LogP contribution in [0.15, 0.2) is 59.5 Å². The van der Waals surface area contributed by atoms with Crippen LogP contribution in [-0.2, 0) is 32.0 Å². The fourth-order valence-corrected chi connectivity index (χ4v) is 4.53. The van der Waals surface area contributed by atoms with Gasteiger partial charge in [-0.2, -0.15) is 0 Å². The number of methoxy groups -OCH3 is 1. The van der Waals surface area contributed by atoms with Gasteiger partial charge in [0.1, 0.15) is 6.04 Å². The van der Waals surface area contributed by atoms with Crippen molar-refractivity contribution < 1.29 is 19.1 Å². The lowest BCUT2D eigenvalue weighted by Gasteiger charge is -2.29. The van der Waals surface area contributed by atoms with E-state index in [4.69, 9.17) is 4.74 Å². The Hall–Kier alpha value is -2.80. The van der Waals surface area contributed by atoms with Gasteiger partial charge in [-0.3, -0.25) is 9.59 Å². The molecule has 0 aliphatic carbocycles. The lowest BCUT2D eigenvalue weighted by atomic mass is 9.85. The van der Waals surface area contributed by atoms with E-state index in [1.165, 1.54) is 12.0 Å². The molecule has 0 aromatic heterocycles. The second-order valence-electron chi connectivity index (χ2n) is 8.19. The summed E-state index contributed by atoms with van der Waals surface area (Å²) in [6.45, 7) is 0. The van der Waals surface area contributed by atoms with E-state index in [0.717, 1.165) is 11.1 Å². The molecule has 6 nitrogen and oxygen atoms in total. The van der Waals surface area contributed by atoms with Crippen LogP contribution in [0, 0.1) is 0 Å². The van der Waals surface area contributed by atoms with Gasteiger partial charge >= 0.3 is 5.97 Å². The van der Waals surface area contributed by atoms with Crippen molar-refractivity contribution in [2.45, 2.75) is 55.0 Å². The fourth-order valence-electron chi connectivity index (χ4n) is 4.12. The highest BCUT2D eigenvalue weighted by atomic mass is 32.2. The molecule has 0 bridgehead atoms. The lowest BCUT2D eigenvalue weighted by molar-refractivity contribution is -0.145. The number of hydrogen-bond acceptors (Lipinski definition) is 5. The van der Waals surface area contributed by atoms with Gasteiger partial charge in [0.15, 0.2) is 0 Å². The number of carbonyl (C=O) groups is 3. The Bertz CT molecular complexity index is 933. The van der Waals surface area contributed by atoms with Gasteiger partial charge in [-0.25, -0.2) is 4.79 Å². The molecule has 1 aliphatic rings. The minimum absolute atomic E-state index is 0.0163. The van der Waals surface area contributed by atoms with E-state index < -0.39 is 17.6 Å². The van der Waals surface area contributed by atoms with Gasteiger partial charge in [-0.1, -0.05) is 42.5 Å². The molecular weight excluding hydrogens is 424 g/mol. The van der Waals surface area contributed by atoms with Crippen molar-refractivity contribution in [3.63, 3.8) is 0 Å². The topological polar surface area (TPSA) is 84.5 Å². The molecule has 170 valence electrons. The molecule has 1 heterocycles. The Morgan fingerprint density at radius 3 is 2.44 bits per heavy atom. The first-order valence-electron chi connectivity index (χ1n) is 10.8. The molecule has 2 N–H and O–H groups in total. The molecule has 2 amide bonds. The van der Waals surface area contributed by atoms with Crippen LogP contribution in [0.4, 0.5) is 0 Å². The molecule has 1 fully saturated rings. The number of carbonyl (C=O) groups excluding carboxylic acids is 3. The Balaban J connectivity index is 1.63. The van der Waals surface area contributed by atoms with E-state index in [2.05, 4.69) is 34.9 Å². The zero-order chi connectivity index (χ0) is 23.0. The van der Waals surface area contributed by atoms with Crippen molar-refractivity contribution >= 4 is 29.5 Å². The third-order valence-corrected chi connectivity index (χ3v) is 6.61. The summed E-state index contributed by atoms with van der Waals surface area (Å²) in [6, 6.07) is 17.1. The summed E-state index contributed by atoms with van der Waals surface area (Å²) < 4.78 is 4.88. The molecule has 7 heteroatoms. The second-order valence-corrected chi connectivity index (χ2v) is 9.07. The van der Waals surface area contributed by atoms with Gasteiger partial charge < -0.3 is 15.4 Å². The smallest absolute Gasteiger partial charge is 0.328 e. The van der Waals surface area contributed by atoms with Crippen LogP contribution in [0.5, 0.6) is 0 Å². The summed E-state index contributed by atoms with van der Waals surface area (Å²) in [5.41, 5.74) is 1.62. The normalized spacial score (nSPS) is 18.6. The Labute approximate surface area is 193 Å². The quantitative estimate of drug-likeness (QED) is 0.425. The van der Waals surface area contributed by atoms with Crippen LogP contribution >= 0.6 is 11.8 Å². The molecule has 0 spiro atoms. The molecule has 2 aromatic rings. The summed E-state index contributed by atoms with van der Waals surface area (Å²) in [7, 11) is 1.32. The van der Waals surface area contributed by atoms with Crippen molar-refractivity contribution in [1.82, 2.24) is 10.6 Å². The highest BCUT2D eigenvalue weighted by Crippen LogP contribution is 2.30. The van der Waals surface area contributed by atoms with Crippen LogP contribution in [-0.4, -0.2) is 42.7 Å². The Morgan fingerprint density at radius 2 is 1.84 bits per heavy atom. The third kappa shape index (κ3) is 6.60. The first kappa shape index (κ1) is 23.9. The number of hydrogen-bond donors (Lipinski definition) is 2. The maximum Gasteiger partial charge on any atom is 0.328 e. The number of nitrogens with one attached hydrogen (secondary N) is 2. The predicted octanol–water partition coefficient (Wildman–Crippen LogP) is 3.28. The van der Waals surface area contributed by atoms with Gasteiger partial charge in [0.05, 0.1) is 7.11 Å². The third-order valence-electron chi connectivity index (χ3n) is 5.87. The van der Waals surface area contributed by atoms with Crippen molar-refractivity contribution in [1.29, 1.82) is 0 Å². The minimum Gasteiger partial charge on any atom is -0.467 e. The first-order chi connectivity index (χ1) is 15.4. The molecule has 1 saturated heterocycles. The van der Waals surface area contributed by atoms with E-state index in [-0.39, 0.29) is 18.2 Å². The molecular formula is C25H30N2O4S. The first-order valence-corrected chi connectivity index (χ1v) is 12.0. The SMILES string of the molecule is COC(=O)[C@H](Cc1ccccc1)NC(=O)CC[C@]1(Cc2ccc(SC)cc2)CCC(=O)N1. The van der Waals surface area contributed by atoms with Crippen LogP contribution in [0.1, 0.15) is 36.8 Å². The van der Waals surface area contributed by atoms with Crippen molar-refractivity contribution in [2.24, 2.45) is 0 Å².